The summed E-state index contributed by atoms with van der Waals surface area (Å²) in [6, 6.07) is 5.35. The molecule has 4 atom stereocenters. The highest BCUT2D eigenvalue weighted by Crippen LogP contribution is 2.64. The quantitative estimate of drug-likeness (QED) is 0.0454. The zero-order chi connectivity index (χ0) is 48.8. The van der Waals surface area contributed by atoms with Gasteiger partial charge in [0.1, 0.15) is 5.75 Å². The van der Waals surface area contributed by atoms with E-state index >= 15 is 0 Å². The first-order valence-corrected chi connectivity index (χ1v) is 20.9. The highest BCUT2D eigenvalue weighted by Gasteiger charge is 2.95. The van der Waals surface area contributed by atoms with Crippen molar-refractivity contribution in [2.75, 3.05) is 13.2 Å². The van der Waals surface area contributed by atoms with Crippen LogP contribution in [0.3, 0.4) is 0 Å². The van der Waals surface area contributed by atoms with E-state index in [1.165, 1.54) is 56.9 Å². The maximum absolute atomic E-state index is 14.3. The van der Waals surface area contributed by atoms with Gasteiger partial charge in [0.05, 0.1) is 44.2 Å². The molecule has 23 heteroatoms. The van der Waals surface area contributed by atoms with Gasteiger partial charge in [-0.1, -0.05) is 83.3 Å². The van der Waals surface area contributed by atoms with Crippen LogP contribution < -0.4 is 4.74 Å². The van der Waals surface area contributed by atoms with Crippen molar-refractivity contribution in [2.24, 2.45) is 0 Å². The van der Waals surface area contributed by atoms with Gasteiger partial charge in [-0.25, -0.2) is 0 Å². The number of alkyl halides is 17. The fraction of sp³-hybridized carbons (Fsp3) is 0.829. The predicted molar refractivity (Wildman–Crippen MR) is 197 cm³/mol. The fourth-order valence-electron chi connectivity index (χ4n) is 6.87. The molecule has 0 unspecified atom stereocenters. The van der Waals surface area contributed by atoms with Gasteiger partial charge in [-0.2, -0.15) is 74.6 Å². The van der Waals surface area contributed by atoms with E-state index in [1.807, 2.05) is 0 Å². The average molecular weight is 967 g/mol. The largest absolute Gasteiger partial charge is 0.494 e. The van der Waals surface area contributed by atoms with E-state index in [-0.39, 0.29) is 25.1 Å². The summed E-state index contributed by atoms with van der Waals surface area (Å²) in [5, 5.41) is 10.7. The molecule has 1 saturated heterocycles. The smallest absolute Gasteiger partial charge is 0.460 e. The number of esters is 1. The molecule has 1 aliphatic heterocycles. The van der Waals surface area contributed by atoms with Crippen LogP contribution in [0.15, 0.2) is 24.3 Å². The van der Waals surface area contributed by atoms with Gasteiger partial charge in [0.25, 0.3) is 0 Å². The van der Waals surface area contributed by atoms with E-state index in [2.05, 4.69) is 6.92 Å². The molecule has 1 fully saturated rings. The van der Waals surface area contributed by atoms with Crippen molar-refractivity contribution in [3.63, 3.8) is 0 Å². The summed E-state index contributed by atoms with van der Waals surface area (Å²) >= 11 is 0. The normalized spacial score (nSPS) is 18.3. The van der Waals surface area contributed by atoms with Crippen LogP contribution in [0.25, 0.3) is 0 Å². The lowest BCUT2D eigenvalue weighted by Crippen LogP contribution is -2.74. The number of halogens is 17. The summed E-state index contributed by atoms with van der Waals surface area (Å²) in [6.07, 6.45) is -0.396. The second kappa shape index (κ2) is 23.8. The van der Waals surface area contributed by atoms with Crippen LogP contribution >= 0.6 is 0 Å². The van der Waals surface area contributed by atoms with Crippen molar-refractivity contribution in [3.8, 4) is 5.75 Å². The van der Waals surface area contributed by atoms with Crippen LogP contribution in [0, 0.1) is 0 Å². The average Bonchev–Trinajstić information content (AvgIpc) is 3.70. The Hall–Kier alpha value is -2.82. The molecule has 0 bridgehead atoms. The third-order valence-electron chi connectivity index (χ3n) is 10.8. The summed E-state index contributed by atoms with van der Waals surface area (Å²) in [4.78, 5) is 11.0. The van der Waals surface area contributed by atoms with Gasteiger partial charge in [0.2, 0.25) is 0 Å². The van der Waals surface area contributed by atoms with E-state index in [9.17, 15) is 84.5 Å². The molecule has 1 N–H and O–H groups in total. The molecular weight excluding hydrogens is 911 g/mol. The summed E-state index contributed by atoms with van der Waals surface area (Å²) in [7, 11) is 0. The van der Waals surface area contributed by atoms with E-state index in [4.69, 9.17) is 18.9 Å². The zero-order valence-corrected chi connectivity index (χ0v) is 35.2. The summed E-state index contributed by atoms with van der Waals surface area (Å²) in [5.41, 5.74) is 0.533. The first kappa shape index (κ1) is 57.3. The van der Waals surface area contributed by atoms with Crippen LogP contribution in [0.5, 0.6) is 5.75 Å². The Balaban J connectivity index is 2.02. The molecule has 6 nitrogen and oxygen atoms in total. The first-order valence-electron chi connectivity index (χ1n) is 20.9. The molecule has 1 aromatic carbocycles. The minimum atomic E-state index is -8.66. The number of hydrogen-bond donors (Lipinski definition) is 1. The maximum atomic E-state index is 14.3. The van der Waals surface area contributed by atoms with Crippen LogP contribution in [0.2, 0.25) is 0 Å². The number of aliphatic hydroxyl groups excluding tert-OH is 1. The monoisotopic (exact) mass is 966 g/mol. The Morgan fingerprint density at radius 1 is 0.625 bits per heavy atom. The van der Waals surface area contributed by atoms with Crippen molar-refractivity contribution in [1.82, 2.24) is 0 Å². The van der Waals surface area contributed by atoms with Crippen molar-refractivity contribution >= 4 is 5.97 Å². The molecule has 2 rings (SSSR count). The summed E-state index contributed by atoms with van der Waals surface area (Å²) in [5.74, 6) is -57.1. The predicted octanol–water partition coefficient (Wildman–Crippen LogP) is 13.3. The van der Waals surface area contributed by atoms with Crippen LogP contribution in [0.4, 0.5) is 74.6 Å². The topological polar surface area (TPSA) is 74.2 Å². The van der Waals surface area contributed by atoms with E-state index in [1.54, 1.807) is 0 Å². The number of aliphatic hydroxyl groups is 1. The van der Waals surface area contributed by atoms with E-state index in [0.717, 1.165) is 38.5 Å². The standard InChI is InChI=1S/C41H55F17O6/c1-3-4-5-6-7-8-9-10-11-12-16-32(33-22-21-31(64-33)30(60)15-13-24-61-27(2)59)63-26-28-17-19-29(20-18-28)62-25-14-23-34(42,43)35(44,45)36(46,47)37(48,49)38(50,51)39(52,53)40(54,55)41(56,57)58/h17-20,30-33,60H,3-16,21-26H2,1-2H3/t30-,31+,32+,33+/m0/s1. The summed E-state index contributed by atoms with van der Waals surface area (Å²) in [6.45, 7) is 2.53. The molecule has 0 spiro atoms. The molecule has 374 valence electrons. The second-order valence-electron chi connectivity index (χ2n) is 15.9. The molecule has 0 saturated carbocycles. The molecule has 64 heavy (non-hydrogen) atoms. The minimum Gasteiger partial charge on any atom is -0.494 e. The van der Waals surface area contributed by atoms with Gasteiger partial charge in [0, 0.05) is 13.3 Å². The molecule has 0 aliphatic carbocycles. The Morgan fingerprint density at radius 2 is 1.11 bits per heavy atom. The Bertz CT molecular complexity index is 1530. The number of hydrogen-bond acceptors (Lipinski definition) is 6. The number of carbonyl (C=O) groups is 1. The molecule has 0 radical (unpaired) electrons. The SMILES string of the molecule is CCCCCCCCCCCC[C@@H](OCc1ccc(OCCCC(F)(F)C(F)(F)C(F)(F)C(F)(F)C(F)(F)C(F)(F)C(F)(F)C(F)(F)F)cc1)[C@H]1CC[C@H]([C@@H](O)CCCOC(C)=O)O1. The third kappa shape index (κ3) is 14.1. The van der Waals surface area contributed by atoms with Gasteiger partial charge >= 0.3 is 53.6 Å². The minimum absolute atomic E-state index is 0.0111. The van der Waals surface area contributed by atoms with Gasteiger partial charge < -0.3 is 24.1 Å². The third-order valence-corrected chi connectivity index (χ3v) is 10.8. The van der Waals surface area contributed by atoms with Gasteiger partial charge in [-0.05, 0) is 56.2 Å². The van der Waals surface area contributed by atoms with Gasteiger partial charge in [0.15, 0.2) is 0 Å². The van der Waals surface area contributed by atoms with Gasteiger partial charge in [-0.3, -0.25) is 4.79 Å². The van der Waals surface area contributed by atoms with Crippen LogP contribution in [-0.4, -0.2) is 96.3 Å². The Labute approximate surface area is 359 Å². The molecule has 0 amide bonds. The molecule has 0 aromatic heterocycles. The highest BCUT2D eigenvalue weighted by molar-refractivity contribution is 5.65. The fourth-order valence-corrected chi connectivity index (χ4v) is 6.87. The summed E-state index contributed by atoms with van der Waals surface area (Å²) < 4.78 is 253. The van der Waals surface area contributed by atoms with Crippen molar-refractivity contribution in [2.45, 2.75) is 202 Å². The van der Waals surface area contributed by atoms with Crippen LogP contribution in [0.1, 0.15) is 129 Å². The highest BCUT2D eigenvalue weighted by atomic mass is 19.4. The number of ether oxygens (including phenoxy) is 4. The van der Waals surface area contributed by atoms with E-state index in [0.29, 0.717) is 37.7 Å². The lowest BCUT2D eigenvalue weighted by molar-refractivity contribution is -0.461. The molecule has 1 heterocycles. The lowest BCUT2D eigenvalue weighted by Gasteiger charge is -2.42. The number of benzene rings is 1. The lowest BCUT2D eigenvalue weighted by atomic mass is 9.88. The van der Waals surface area contributed by atoms with Gasteiger partial charge in [-0.15, -0.1) is 0 Å². The number of rotatable bonds is 31. The van der Waals surface area contributed by atoms with Crippen LogP contribution in [-0.2, 0) is 25.6 Å². The zero-order valence-electron chi connectivity index (χ0n) is 35.2. The van der Waals surface area contributed by atoms with E-state index < -0.39 is 91.4 Å². The number of carbonyl (C=O) groups excluding carboxylic acids is 1. The maximum Gasteiger partial charge on any atom is 0.460 e. The second-order valence-corrected chi connectivity index (χ2v) is 15.9. The van der Waals surface area contributed by atoms with Crippen molar-refractivity contribution < 1.29 is 103 Å². The number of unbranched alkanes of at least 4 members (excludes halogenated alkanes) is 9. The Kier molecular flexibility index (Phi) is 21.3. The molecular formula is C41H55F17O6. The molecule has 1 aliphatic rings. The Morgan fingerprint density at radius 3 is 1.62 bits per heavy atom. The molecule has 1 aromatic rings. The first-order chi connectivity index (χ1) is 29.4. The van der Waals surface area contributed by atoms with Crippen molar-refractivity contribution in [3.05, 3.63) is 29.8 Å². The van der Waals surface area contributed by atoms with Crippen molar-refractivity contribution in [1.29, 1.82) is 0 Å².